The van der Waals surface area contributed by atoms with E-state index < -0.39 is 12.3 Å². The van der Waals surface area contributed by atoms with Crippen LogP contribution in [0.4, 0.5) is 14.6 Å². The fourth-order valence-electron chi connectivity index (χ4n) is 3.94. The summed E-state index contributed by atoms with van der Waals surface area (Å²) in [5.41, 5.74) is 6.95. The molecule has 0 aliphatic carbocycles. The van der Waals surface area contributed by atoms with Gasteiger partial charge in [-0.25, -0.2) is 28.7 Å². The van der Waals surface area contributed by atoms with Crippen molar-refractivity contribution in [2.75, 3.05) is 18.0 Å². The Morgan fingerprint density at radius 3 is 2.91 bits per heavy atom. The number of rotatable bonds is 5. The summed E-state index contributed by atoms with van der Waals surface area (Å²) in [6.45, 7) is 1.47. The number of aromatic nitrogens is 7. The number of piperidine rings is 1. The number of hydrogen-bond donors (Lipinski definition) is 2. The molecule has 1 fully saturated rings. The lowest BCUT2D eigenvalue weighted by molar-refractivity contribution is 0.0995. The molecule has 5 rings (SSSR count). The number of hydrogen-bond acceptors (Lipinski definition) is 7. The highest BCUT2D eigenvalue weighted by Crippen LogP contribution is 2.29. The number of imidazole rings is 1. The van der Waals surface area contributed by atoms with Crippen LogP contribution in [-0.4, -0.2) is 53.5 Å². The van der Waals surface area contributed by atoms with Crippen molar-refractivity contribution < 1.29 is 13.6 Å². The molecule has 0 radical (unpaired) electrons. The summed E-state index contributed by atoms with van der Waals surface area (Å²) < 4.78 is 27.7. The van der Waals surface area contributed by atoms with Gasteiger partial charge in [0, 0.05) is 37.1 Å². The third-order valence-electron chi connectivity index (χ3n) is 5.54. The average molecular weight is 439 g/mol. The standard InChI is InChI=1S/C20H19F2N9O/c21-18(22)14-10-31-15(7-26-17(31)8-25-14)20-24-4-3-16(27-20)30-5-1-2-11(9-30)12-6-13(19(23)32)29-28-12/h3-4,6-8,10-11,18H,1-2,5,9H2,(H2,23,32)(H,28,29). The topological polar surface area (TPSA) is 131 Å². The number of primary amides is 1. The molecule has 4 aromatic rings. The molecule has 164 valence electrons. The van der Waals surface area contributed by atoms with Gasteiger partial charge in [-0.1, -0.05) is 0 Å². The molecule has 10 nitrogen and oxygen atoms in total. The van der Waals surface area contributed by atoms with Gasteiger partial charge < -0.3 is 10.6 Å². The maximum absolute atomic E-state index is 13.1. The number of halogens is 2. The van der Waals surface area contributed by atoms with Gasteiger partial charge in [-0.15, -0.1) is 0 Å². The van der Waals surface area contributed by atoms with E-state index in [0.717, 1.165) is 25.1 Å². The van der Waals surface area contributed by atoms with Gasteiger partial charge in [-0.2, -0.15) is 5.10 Å². The highest BCUT2D eigenvalue weighted by atomic mass is 19.3. The van der Waals surface area contributed by atoms with Gasteiger partial charge in [-0.05, 0) is 25.0 Å². The molecule has 1 unspecified atom stereocenters. The van der Waals surface area contributed by atoms with E-state index in [0.29, 0.717) is 29.5 Å². The summed E-state index contributed by atoms with van der Waals surface area (Å²) in [6.07, 6.45) is 4.90. The van der Waals surface area contributed by atoms with Crippen molar-refractivity contribution in [3.8, 4) is 11.5 Å². The summed E-state index contributed by atoms with van der Waals surface area (Å²) in [4.78, 5) is 30.4. The lowest BCUT2D eigenvalue weighted by Gasteiger charge is -2.33. The fourth-order valence-corrected chi connectivity index (χ4v) is 3.94. The van der Waals surface area contributed by atoms with E-state index in [-0.39, 0.29) is 17.3 Å². The van der Waals surface area contributed by atoms with Gasteiger partial charge in [-0.3, -0.25) is 14.3 Å². The fraction of sp³-hybridized carbons (Fsp3) is 0.300. The maximum atomic E-state index is 13.1. The van der Waals surface area contributed by atoms with E-state index >= 15 is 0 Å². The van der Waals surface area contributed by atoms with E-state index in [1.165, 1.54) is 16.8 Å². The monoisotopic (exact) mass is 439 g/mol. The number of aromatic amines is 1. The van der Waals surface area contributed by atoms with Crippen LogP contribution >= 0.6 is 0 Å². The van der Waals surface area contributed by atoms with Crippen LogP contribution in [-0.2, 0) is 0 Å². The van der Waals surface area contributed by atoms with Crippen LogP contribution in [0.1, 0.15) is 47.1 Å². The Hall–Kier alpha value is -3.96. The lowest BCUT2D eigenvalue weighted by Crippen LogP contribution is -2.35. The number of nitrogens with two attached hydrogens (primary N) is 1. The number of nitrogens with zero attached hydrogens (tertiary/aromatic N) is 7. The van der Waals surface area contributed by atoms with Gasteiger partial charge in [0.2, 0.25) is 0 Å². The van der Waals surface area contributed by atoms with Gasteiger partial charge in [0.15, 0.2) is 11.5 Å². The van der Waals surface area contributed by atoms with Crippen molar-refractivity contribution >= 4 is 17.4 Å². The zero-order valence-electron chi connectivity index (χ0n) is 16.8. The Kier molecular flexibility index (Phi) is 4.96. The van der Waals surface area contributed by atoms with E-state index in [4.69, 9.17) is 5.73 Å². The zero-order chi connectivity index (χ0) is 22.2. The van der Waals surface area contributed by atoms with Crippen molar-refractivity contribution in [2.24, 2.45) is 5.73 Å². The molecule has 4 aromatic heterocycles. The number of carbonyl (C=O) groups is 1. The number of H-pyrrole nitrogens is 1. The van der Waals surface area contributed by atoms with Crippen molar-refractivity contribution in [3.05, 3.63) is 54.0 Å². The minimum absolute atomic E-state index is 0.137. The third-order valence-corrected chi connectivity index (χ3v) is 5.54. The normalized spacial score (nSPS) is 16.7. The molecule has 3 N–H and O–H groups in total. The summed E-state index contributed by atoms with van der Waals surface area (Å²) in [5.74, 6) is 0.658. The van der Waals surface area contributed by atoms with Gasteiger partial charge in [0.1, 0.15) is 22.9 Å². The van der Waals surface area contributed by atoms with E-state index in [1.807, 2.05) is 6.07 Å². The predicted octanol–water partition coefficient (Wildman–Crippen LogP) is 2.33. The van der Waals surface area contributed by atoms with Crippen LogP contribution < -0.4 is 10.6 Å². The molecule has 0 bridgehead atoms. The van der Waals surface area contributed by atoms with Crippen molar-refractivity contribution in [2.45, 2.75) is 25.2 Å². The summed E-state index contributed by atoms with van der Waals surface area (Å²) in [7, 11) is 0. The van der Waals surface area contributed by atoms with Crippen LogP contribution in [0.25, 0.3) is 17.2 Å². The highest BCUT2D eigenvalue weighted by molar-refractivity contribution is 5.90. The molecule has 1 amide bonds. The third kappa shape index (κ3) is 3.63. The molecule has 12 heteroatoms. The molecule has 0 aromatic carbocycles. The molecule has 5 heterocycles. The summed E-state index contributed by atoms with van der Waals surface area (Å²) >= 11 is 0. The average Bonchev–Trinajstić information content (AvgIpc) is 3.46. The second kappa shape index (κ2) is 7.94. The Morgan fingerprint density at radius 1 is 1.25 bits per heavy atom. The van der Waals surface area contributed by atoms with Gasteiger partial charge in [0.25, 0.3) is 12.3 Å². The minimum Gasteiger partial charge on any atom is -0.364 e. The quantitative estimate of drug-likeness (QED) is 0.488. The molecule has 0 saturated carbocycles. The molecule has 32 heavy (non-hydrogen) atoms. The molecule has 1 aliphatic rings. The molecule has 1 atom stereocenters. The molecular formula is C20H19F2N9O. The SMILES string of the molecule is NC(=O)c1cc(C2CCCN(c3ccnc(-c4cnc5cnc(C(F)F)cn45)n3)C2)[nH]n1. The lowest BCUT2D eigenvalue weighted by atomic mass is 9.94. The number of alkyl halides is 2. The first-order chi connectivity index (χ1) is 15.5. The second-order valence-corrected chi connectivity index (χ2v) is 7.58. The highest BCUT2D eigenvalue weighted by Gasteiger charge is 2.25. The molecular weight excluding hydrogens is 420 g/mol. The van der Waals surface area contributed by atoms with Crippen molar-refractivity contribution in [3.63, 3.8) is 0 Å². The first-order valence-electron chi connectivity index (χ1n) is 10.0. The van der Waals surface area contributed by atoms with Crippen molar-refractivity contribution in [1.29, 1.82) is 0 Å². The first-order valence-corrected chi connectivity index (χ1v) is 10.0. The Bertz CT molecular complexity index is 1290. The van der Waals surface area contributed by atoms with E-state index in [9.17, 15) is 13.6 Å². The molecule has 0 spiro atoms. The largest absolute Gasteiger partial charge is 0.364 e. The summed E-state index contributed by atoms with van der Waals surface area (Å²) in [6, 6.07) is 3.50. The van der Waals surface area contributed by atoms with Crippen LogP contribution in [0.5, 0.6) is 0 Å². The Morgan fingerprint density at radius 2 is 2.12 bits per heavy atom. The number of anilines is 1. The number of amides is 1. The van der Waals surface area contributed by atoms with Gasteiger partial charge >= 0.3 is 0 Å². The van der Waals surface area contributed by atoms with Crippen LogP contribution in [0.2, 0.25) is 0 Å². The molecule has 1 saturated heterocycles. The maximum Gasteiger partial charge on any atom is 0.281 e. The Balaban J connectivity index is 1.43. The van der Waals surface area contributed by atoms with E-state index in [2.05, 4.69) is 35.0 Å². The first kappa shape index (κ1) is 20.0. The predicted molar refractivity (Wildman–Crippen MR) is 110 cm³/mol. The zero-order valence-corrected chi connectivity index (χ0v) is 16.8. The second-order valence-electron chi connectivity index (χ2n) is 7.58. The number of fused-ring (bicyclic) bond motifs is 1. The number of nitrogens with one attached hydrogen (secondary N) is 1. The van der Waals surface area contributed by atoms with Crippen LogP contribution in [0, 0.1) is 0 Å². The van der Waals surface area contributed by atoms with Crippen LogP contribution in [0.3, 0.4) is 0 Å². The van der Waals surface area contributed by atoms with Crippen LogP contribution in [0.15, 0.2) is 36.9 Å². The van der Waals surface area contributed by atoms with Crippen molar-refractivity contribution in [1.82, 2.24) is 34.5 Å². The van der Waals surface area contributed by atoms with Gasteiger partial charge in [0.05, 0.1) is 12.4 Å². The molecule has 1 aliphatic heterocycles. The Labute approximate surface area is 180 Å². The smallest absolute Gasteiger partial charge is 0.281 e. The number of carbonyl (C=O) groups excluding carboxylic acids is 1. The summed E-state index contributed by atoms with van der Waals surface area (Å²) in [5, 5.41) is 6.88. The van der Waals surface area contributed by atoms with E-state index in [1.54, 1.807) is 18.5 Å². The minimum atomic E-state index is -2.69.